The lowest BCUT2D eigenvalue weighted by Gasteiger charge is -2.10. The molecule has 0 aromatic heterocycles. The summed E-state index contributed by atoms with van der Waals surface area (Å²) < 4.78 is 10.3. The van der Waals surface area contributed by atoms with Crippen molar-refractivity contribution in [3.05, 3.63) is 59.2 Å². The zero-order valence-corrected chi connectivity index (χ0v) is 23.4. The summed E-state index contributed by atoms with van der Waals surface area (Å²) in [4.78, 5) is 22.5. The number of allylic oxidation sites excluding steroid dienone is 4. The first kappa shape index (κ1) is 32.6. The molecule has 0 saturated carbocycles. The van der Waals surface area contributed by atoms with Crippen molar-refractivity contribution in [1.82, 2.24) is 0 Å². The first-order valence-electron chi connectivity index (χ1n) is 13.3. The molecule has 0 saturated heterocycles. The van der Waals surface area contributed by atoms with Gasteiger partial charge in [-0.1, -0.05) is 74.4 Å². The number of esters is 2. The molecule has 2 unspecified atom stereocenters. The van der Waals surface area contributed by atoms with Crippen LogP contribution in [0.3, 0.4) is 0 Å². The fraction of sp³-hybridized carbons (Fsp3) is 0.613. The van der Waals surface area contributed by atoms with Gasteiger partial charge in [0.15, 0.2) is 0 Å². The number of carbonyl (C=O) groups is 2. The van der Waals surface area contributed by atoms with E-state index in [1.54, 1.807) is 0 Å². The molecule has 0 bridgehead atoms. The van der Waals surface area contributed by atoms with Gasteiger partial charge in [0.25, 0.3) is 0 Å². The highest BCUT2D eigenvalue weighted by Gasteiger charge is 2.07. The maximum atomic E-state index is 11.7. The Hall–Kier alpha value is -2.36. The van der Waals surface area contributed by atoms with E-state index in [4.69, 9.17) is 9.47 Å². The van der Waals surface area contributed by atoms with Crippen LogP contribution in [-0.2, 0) is 25.5 Å². The van der Waals surface area contributed by atoms with Crippen LogP contribution in [0.5, 0.6) is 0 Å². The lowest BCUT2D eigenvalue weighted by atomic mass is 10.0. The van der Waals surface area contributed by atoms with Crippen molar-refractivity contribution in [3.8, 4) is 0 Å². The Morgan fingerprint density at radius 2 is 1.20 bits per heavy atom. The molecule has 1 rings (SSSR count). The summed E-state index contributed by atoms with van der Waals surface area (Å²) in [6.45, 7) is 15.8. The average Bonchev–Trinajstić information content (AvgIpc) is 2.79. The first-order chi connectivity index (χ1) is 16.6. The molecule has 2 atom stereocenters. The van der Waals surface area contributed by atoms with Gasteiger partial charge in [0.2, 0.25) is 0 Å². The van der Waals surface area contributed by atoms with Crippen LogP contribution < -0.4 is 0 Å². The maximum absolute atomic E-state index is 11.7. The molecule has 1 aromatic carbocycles. The van der Waals surface area contributed by atoms with E-state index in [1.807, 2.05) is 37.3 Å². The molecule has 0 fully saturated rings. The normalized spacial score (nSPS) is 11.9. The molecular formula is C31H50O4. The van der Waals surface area contributed by atoms with Gasteiger partial charge in [-0.15, -0.1) is 0 Å². The van der Waals surface area contributed by atoms with Gasteiger partial charge < -0.3 is 9.47 Å². The highest BCUT2D eigenvalue weighted by atomic mass is 16.5. The Morgan fingerprint density at radius 1 is 0.743 bits per heavy atom. The van der Waals surface area contributed by atoms with E-state index >= 15 is 0 Å². The van der Waals surface area contributed by atoms with Gasteiger partial charge in [-0.25, -0.2) is 0 Å². The number of hydrogen-bond acceptors (Lipinski definition) is 4. The molecule has 4 heteroatoms. The molecule has 0 radical (unpaired) electrons. The third kappa shape index (κ3) is 21.9. The number of hydrogen-bond donors (Lipinski definition) is 0. The summed E-state index contributed by atoms with van der Waals surface area (Å²) in [7, 11) is 0. The van der Waals surface area contributed by atoms with Crippen molar-refractivity contribution in [1.29, 1.82) is 0 Å². The van der Waals surface area contributed by atoms with Gasteiger partial charge >= 0.3 is 11.9 Å². The average molecular weight is 487 g/mol. The monoisotopic (exact) mass is 486 g/mol. The standard InChI is InChI=1S/C18H26O2.C13H24O2/c1-15(2)8-7-9-16(3)12-13-20-18(19)14-17-10-5-4-6-11-17;1-5-13(14)15-10-9-12(4)8-6-7-11(2)3/h4-6,8,10-11,16H,7,9,12-14H2,1-3H3;7,12H,5-6,8-10H2,1-4H3. The Morgan fingerprint density at radius 3 is 1.63 bits per heavy atom. The van der Waals surface area contributed by atoms with Crippen LogP contribution in [0.15, 0.2) is 53.6 Å². The second-order valence-corrected chi connectivity index (χ2v) is 9.96. The van der Waals surface area contributed by atoms with Gasteiger partial charge in [-0.3, -0.25) is 9.59 Å². The van der Waals surface area contributed by atoms with Gasteiger partial charge in [0.1, 0.15) is 0 Å². The Bertz CT molecular complexity index is 741. The van der Waals surface area contributed by atoms with E-state index in [1.165, 1.54) is 17.6 Å². The molecule has 35 heavy (non-hydrogen) atoms. The second-order valence-electron chi connectivity index (χ2n) is 9.96. The number of carbonyl (C=O) groups excluding carboxylic acids is 2. The van der Waals surface area contributed by atoms with Gasteiger partial charge in [0, 0.05) is 6.42 Å². The summed E-state index contributed by atoms with van der Waals surface area (Å²) >= 11 is 0. The van der Waals surface area contributed by atoms with Crippen LogP contribution in [0, 0.1) is 11.8 Å². The number of rotatable bonds is 15. The SMILES string of the molecule is CC(C)=CCCC(C)CCOC(=O)Cc1ccccc1.CCC(=O)OCCC(C)CCC=C(C)C. The molecular weight excluding hydrogens is 436 g/mol. The minimum absolute atomic E-state index is 0.0912. The largest absolute Gasteiger partial charge is 0.466 e. The van der Waals surface area contributed by atoms with Gasteiger partial charge in [0.05, 0.1) is 19.6 Å². The van der Waals surface area contributed by atoms with E-state index in [2.05, 4.69) is 53.7 Å². The quantitative estimate of drug-likeness (QED) is 0.185. The lowest BCUT2D eigenvalue weighted by Crippen LogP contribution is -2.11. The van der Waals surface area contributed by atoms with E-state index < -0.39 is 0 Å². The van der Waals surface area contributed by atoms with Crippen molar-refractivity contribution in [2.24, 2.45) is 11.8 Å². The molecule has 0 heterocycles. The predicted octanol–water partition coefficient (Wildman–Crippen LogP) is 8.26. The van der Waals surface area contributed by atoms with Gasteiger partial charge in [-0.05, 0) is 83.6 Å². The fourth-order valence-corrected chi connectivity index (χ4v) is 3.27. The van der Waals surface area contributed by atoms with Crippen molar-refractivity contribution >= 4 is 11.9 Å². The smallest absolute Gasteiger partial charge is 0.310 e. The molecule has 0 N–H and O–H groups in total. The summed E-state index contributed by atoms with van der Waals surface area (Å²) in [6, 6.07) is 9.72. The minimum Gasteiger partial charge on any atom is -0.466 e. The van der Waals surface area contributed by atoms with E-state index in [0.717, 1.165) is 37.7 Å². The van der Waals surface area contributed by atoms with Crippen LogP contribution >= 0.6 is 0 Å². The van der Waals surface area contributed by atoms with Crippen LogP contribution in [0.1, 0.15) is 99.0 Å². The second kappa shape index (κ2) is 21.0. The molecule has 0 aliphatic heterocycles. The molecule has 0 aliphatic carbocycles. The Labute approximate surface area is 215 Å². The van der Waals surface area contributed by atoms with Gasteiger partial charge in [-0.2, -0.15) is 0 Å². The fourth-order valence-electron chi connectivity index (χ4n) is 3.27. The molecule has 4 nitrogen and oxygen atoms in total. The third-order valence-corrected chi connectivity index (χ3v) is 5.65. The zero-order valence-electron chi connectivity index (χ0n) is 23.4. The topological polar surface area (TPSA) is 52.6 Å². The third-order valence-electron chi connectivity index (χ3n) is 5.65. The minimum atomic E-state index is -0.132. The van der Waals surface area contributed by atoms with E-state index in [0.29, 0.717) is 37.9 Å². The van der Waals surface area contributed by atoms with Crippen molar-refractivity contribution < 1.29 is 19.1 Å². The van der Waals surface area contributed by atoms with Crippen molar-refractivity contribution in [3.63, 3.8) is 0 Å². The van der Waals surface area contributed by atoms with Crippen LogP contribution in [0.2, 0.25) is 0 Å². The van der Waals surface area contributed by atoms with Crippen LogP contribution in [-0.4, -0.2) is 25.2 Å². The highest BCUT2D eigenvalue weighted by molar-refractivity contribution is 5.72. The maximum Gasteiger partial charge on any atom is 0.310 e. The zero-order chi connectivity index (χ0) is 26.5. The molecule has 0 spiro atoms. The first-order valence-corrected chi connectivity index (χ1v) is 13.3. The summed E-state index contributed by atoms with van der Waals surface area (Å²) in [5, 5.41) is 0. The molecule has 0 aliphatic rings. The summed E-state index contributed by atoms with van der Waals surface area (Å²) in [5.41, 5.74) is 3.75. The predicted molar refractivity (Wildman–Crippen MR) is 147 cm³/mol. The van der Waals surface area contributed by atoms with Crippen LogP contribution in [0.4, 0.5) is 0 Å². The molecule has 1 aromatic rings. The van der Waals surface area contributed by atoms with E-state index in [9.17, 15) is 9.59 Å². The van der Waals surface area contributed by atoms with Crippen LogP contribution in [0.25, 0.3) is 0 Å². The number of benzene rings is 1. The molecule has 198 valence electrons. The number of ether oxygens (including phenoxy) is 2. The summed E-state index contributed by atoms with van der Waals surface area (Å²) in [5.74, 6) is 1.000. The van der Waals surface area contributed by atoms with Crippen molar-refractivity contribution in [2.75, 3.05) is 13.2 Å². The Kier molecular flexibility index (Phi) is 19.6. The molecule has 0 amide bonds. The highest BCUT2D eigenvalue weighted by Crippen LogP contribution is 2.13. The summed E-state index contributed by atoms with van der Waals surface area (Å²) in [6.07, 6.45) is 11.9. The van der Waals surface area contributed by atoms with Crippen molar-refractivity contribution in [2.45, 2.75) is 99.8 Å². The van der Waals surface area contributed by atoms with E-state index in [-0.39, 0.29) is 11.9 Å². The Balaban J connectivity index is 0.000000691. The lowest BCUT2D eigenvalue weighted by molar-refractivity contribution is -0.144.